The predicted molar refractivity (Wildman–Crippen MR) is 279 cm³/mol. The normalized spacial score (nSPS) is 15.5. The fraction of sp³-hybridized carbons (Fsp3) is 0.213. The van der Waals surface area contributed by atoms with E-state index in [1.165, 1.54) is 4.57 Å². The summed E-state index contributed by atoms with van der Waals surface area (Å²) in [6.07, 6.45) is 1.75. The number of para-hydroxylation sites is 3. The first kappa shape index (κ1) is 33.6. The van der Waals surface area contributed by atoms with Crippen molar-refractivity contribution >= 4 is 72.4 Å². The minimum absolute atomic E-state index is 0. The number of fused-ring (bicyclic) bond motifs is 7. The van der Waals surface area contributed by atoms with Crippen molar-refractivity contribution in [1.82, 2.24) is 23.3 Å². The average molecular weight is 1080 g/mol. The zero-order valence-electron chi connectivity index (χ0n) is 50.3. The third-order valence-electron chi connectivity index (χ3n) is 12.6. The van der Waals surface area contributed by atoms with E-state index in [0.29, 0.717) is 61.9 Å². The fourth-order valence-electron chi connectivity index (χ4n) is 8.98. The summed E-state index contributed by atoms with van der Waals surface area (Å²) >= 11 is 0. The van der Waals surface area contributed by atoms with E-state index in [0.717, 1.165) is 22.4 Å². The number of rotatable bonds is 6. The van der Waals surface area contributed by atoms with E-state index in [-0.39, 0.29) is 64.7 Å². The summed E-state index contributed by atoms with van der Waals surface area (Å²) < 4.78 is 111. The van der Waals surface area contributed by atoms with Crippen LogP contribution in [0.5, 0.6) is 11.5 Å². The van der Waals surface area contributed by atoms with Gasteiger partial charge in [0.25, 0.3) is 5.69 Å². The van der Waals surface area contributed by atoms with Crippen LogP contribution in [0.25, 0.3) is 55.1 Å². The molecule has 6 nitrogen and oxygen atoms in total. The minimum Gasteiger partial charge on any atom is -0.509 e. The Balaban J connectivity index is 0.00000704. The number of benzene rings is 7. The second kappa shape index (κ2) is 16.4. The van der Waals surface area contributed by atoms with Crippen LogP contribution in [0.15, 0.2) is 152 Å². The molecule has 1 aliphatic heterocycles. The molecule has 0 N–H and O–H groups in total. The van der Waals surface area contributed by atoms with Crippen LogP contribution in [0.4, 0.5) is 22.7 Å². The van der Waals surface area contributed by atoms with E-state index in [9.17, 15) is 2.74 Å². The van der Waals surface area contributed by atoms with Crippen molar-refractivity contribution in [3.05, 3.63) is 186 Å². The Morgan fingerprint density at radius 2 is 1.26 bits per heavy atom. The molecular weight excluding hydrogens is 1010 g/mol. The standard InChI is InChI=1S/C61H55N5O.Pt/c1-39-18-15-27-54-58(39)64(44-33-41(60(5,6)7)32-42(34-44)61(8,9)10)38-63(54)43-19-16-20-45(36-43)67-46-28-29-49-55(37-46)66(56-35-40(30-31-62-56)59(2,3)4)53-26-17-25-52(57(49)53)65-50-23-13-11-21-47(50)48-22-12-14-24-51(48)65;/h11-35H,1-10H3;/q;+2/i1D3,11D,12D,13D,14D,21D,22D,23D,24D;. The maximum atomic E-state index is 9.27. The van der Waals surface area contributed by atoms with Crippen LogP contribution in [0.3, 0.4) is 0 Å². The van der Waals surface area contributed by atoms with Gasteiger partial charge in [0.1, 0.15) is 11.5 Å². The molecule has 0 bridgehead atoms. The summed E-state index contributed by atoms with van der Waals surface area (Å²) in [5.74, 6) is 1.18. The first-order chi connectivity index (χ1) is 36.6. The smallest absolute Gasteiger partial charge is 0.509 e. The van der Waals surface area contributed by atoms with Crippen molar-refractivity contribution in [1.29, 1.82) is 0 Å². The summed E-state index contributed by atoms with van der Waals surface area (Å²) in [6.45, 7) is 16.8. The molecule has 0 amide bonds. The van der Waals surface area contributed by atoms with Gasteiger partial charge in [-0.2, -0.15) is 12.1 Å². The van der Waals surface area contributed by atoms with Gasteiger partial charge in [0.15, 0.2) is 0 Å². The van der Waals surface area contributed by atoms with Gasteiger partial charge in [-0.05, 0) is 86.1 Å². The number of aromatic nitrogens is 3. The predicted octanol–water partition coefficient (Wildman–Crippen LogP) is 15.7. The average Bonchev–Trinajstić information content (AvgIpc) is 3.70. The zero-order valence-corrected chi connectivity index (χ0v) is 41.5. The number of pyridine rings is 1. The van der Waals surface area contributed by atoms with Crippen LogP contribution in [0, 0.1) is 19.0 Å². The van der Waals surface area contributed by atoms with Crippen LogP contribution in [-0.4, -0.2) is 20.1 Å². The molecule has 68 heavy (non-hydrogen) atoms. The molecule has 1 aliphatic rings. The van der Waals surface area contributed by atoms with E-state index in [1.807, 2.05) is 51.6 Å². The van der Waals surface area contributed by atoms with E-state index < -0.39 is 55.2 Å². The molecule has 0 fully saturated rings. The van der Waals surface area contributed by atoms with E-state index in [2.05, 4.69) is 98.7 Å². The van der Waals surface area contributed by atoms with Crippen LogP contribution in [0.2, 0.25) is 0 Å². The van der Waals surface area contributed by atoms with Crippen molar-refractivity contribution in [2.75, 3.05) is 0 Å². The van der Waals surface area contributed by atoms with E-state index in [4.69, 9.17) is 22.1 Å². The molecule has 0 saturated heterocycles. The molecule has 11 rings (SSSR count). The third kappa shape index (κ3) is 7.61. The van der Waals surface area contributed by atoms with Crippen LogP contribution in [0.1, 0.15) is 99.6 Å². The van der Waals surface area contributed by atoms with Crippen molar-refractivity contribution in [2.45, 2.75) is 85.4 Å². The van der Waals surface area contributed by atoms with Gasteiger partial charge in [-0.1, -0.05) is 150 Å². The van der Waals surface area contributed by atoms with E-state index in [1.54, 1.807) is 47.2 Å². The topological polar surface area (TPSA) is 38.0 Å². The largest absolute Gasteiger partial charge is 2.00 e. The number of hydrogen-bond acceptors (Lipinski definition) is 2. The quantitative estimate of drug-likeness (QED) is 0.123. The molecule has 338 valence electrons. The molecule has 7 aromatic carbocycles. The van der Waals surface area contributed by atoms with Crippen LogP contribution < -0.4 is 13.9 Å². The Kier molecular flexibility index (Phi) is 8.13. The van der Waals surface area contributed by atoms with Gasteiger partial charge in [0.05, 0.1) is 22.0 Å². The van der Waals surface area contributed by atoms with Crippen molar-refractivity contribution in [2.24, 2.45) is 0 Å². The zero-order chi connectivity index (χ0) is 56.0. The summed E-state index contributed by atoms with van der Waals surface area (Å²) in [7, 11) is 0. The van der Waals surface area contributed by atoms with Crippen LogP contribution >= 0.6 is 0 Å². The summed E-state index contributed by atoms with van der Waals surface area (Å²) in [5.41, 5.74) is 6.65. The van der Waals surface area contributed by atoms with Crippen LogP contribution in [-0.2, 0) is 37.3 Å². The molecule has 0 radical (unpaired) electrons. The Bertz CT molecular complexity index is 4210. The van der Waals surface area contributed by atoms with Gasteiger partial charge in [-0.3, -0.25) is 0 Å². The molecule has 10 aromatic rings. The van der Waals surface area contributed by atoms with Crippen molar-refractivity contribution < 1.29 is 40.9 Å². The maximum Gasteiger partial charge on any atom is 2.00 e. The number of nitrogens with zero attached hydrogens (tertiary/aromatic N) is 5. The summed E-state index contributed by atoms with van der Waals surface area (Å²) in [5, 5.41) is 1.18. The Labute approximate surface area is 429 Å². The first-order valence-electron chi connectivity index (χ1n) is 27.9. The van der Waals surface area contributed by atoms with Gasteiger partial charge in [-0.25, -0.2) is 4.98 Å². The van der Waals surface area contributed by atoms with E-state index >= 15 is 0 Å². The van der Waals surface area contributed by atoms with Crippen molar-refractivity contribution in [3.63, 3.8) is 0 Å². The number of ether oxygens (including phenoxy) is 1. The number of hydrogen-bond donors (Lipinski definition) is 0. The second-order valence-electron chi connectivity index (χ2n) is 20.2. The Morgan fingerprint density at radius 1 is 0.618 bits per heavy atom. The molecule has 7 heteroatoms. The monoisotopic (exact) mass is 1080 g/mol. The summed E-state index contributed by atoms with van der Waals surface area (Å²) in [4.78, 5) is 4.89. The molecule has 3 aromatic heterocycles. The third-order valence-corrected chi connectivity index (χ3v) is 12.6. The molecule has 4 heterocycles. The van der Waals surface area contributed by atoms with Crippen molar-refractivity contribution in [3.8, 4) is 23.0 Å². The number of aryl methyl sites for hydroxylation is 1. The van der Waals surface area contributed by atoms with Gasteiger partial charge < -0.3 is 13.9 Å². The van der Waals surface area contributed by atoms with Gasteiger partial charge in [-0.15, -0.1) is 18.2 Å². The van der Waals surface area contributed by atoms with Gasteiger partial charge in [0.2, 0.25) is 5.69 Å². The maximum absolute atomic E-state index is 9.27. The second-order valence-corrected chi connectivity index (χ2v) is 20.2. The minimum atomic E-state index is -2.45. The molecular formula is C61H55N5OPt+2. The van der Waals surface area contributed by atoms with Gasteiger partial charge in [0, 0.05) is 67.5 Å². The molecule has 0 atom stereocenters. The van der Waals surface area contributed by atoms with Gasteiger partial charge >= 0.3 is 32.8 Å². The molecule has 0 saturated carbocycles. The molecule has 0 spiro atoms. The SMILES string of the molecule is [2H]c1c([2H])c([2H])c2c(c1[2H])c1c([2H])c([2H])c([2H])c([2H])c1n2-c1cccc2c1c1ccc(Oc3[c-]c([N+]4=C=[N+](c5cc(C(C)(C)C)cc(C(C)(C)C)c5)c5c4cccc5C([2H])([2H])[2H])ccc3)[c-]c1n2-c1cc(C(C)(C)C)ccn1.[Pt+2]. The Hall–Kier alpha value is -6.84. The molecule has 0 unspecified atom stereocenters. The first-order valence-corrected chi connectivity index (χ1v) is 22.4. The fourth-order valence-corrected chi connectivity index (χ4v) is 8.98. The molecule has 0 aliphatic carbocycles. The Morgan fingerprint density at radius 3 is 1.94 bits per heavy atom. The summed E-state index contributed by atoms with van der Waals surface area (Å²) in [6, 6.07) is 37.0.